The van der Waals surface area contributed by atoms with E-state index in [1.807, 2.05) is 0 Å². The van der Waals surface area contributed by atoms with Gasteiger partial charge in [-0.1, -0.05) is 0 Å². The van der Waals surface area contributed by atoms with E-state index in [1.54, 1.807) is 0 Å². The monoisotopic (exact) mass is 182 g/mol. The van der Waals surface area contributed by atoms with Crippen LogP contribution in [0.4, 0.5) is 17.6 Å². The van der Waals surface area contributed by atoms with Crippen LogP contribution < -0.4 is 11.5 Å². The van der Waals surface area contributed by atoms with E-state index in [-0.39, 0.29) is 0 Å². The van der Waals surface area contributed by atoms with Crippen molar-refractivity contribution in [2.75, 3.05) is 0 Å². The van der Waals surface area contributed by atoms with Gasteiger partial charge in [0.05, 0.1) is 6.42 Å². The Morgan fingerprint density at radius 1 is 1.25 bits per heavy atom. The smallest absolute Gasteiger partial charge is 0.220 e. The van der Waals surface area contributed by atoms with E-state index in [4.69, 9.17) is 5.73 Å². The Kier molecular flexibility index (Phi) is 1.87. The van der Waals surface area contributed by atoms with Gasteiger partial charge in [0.1, 0.15) is 11.5 Å². The quantitative estimate of drug-likeness (QED) is 0.438. The second kappa shape index (κ2) is 2.48. The van der Waals surface area contributed by atoms with Crippen LogP contribution in [0.25, 0.3) is 0 Å². The summed E-state index contributed by atoms with van der Waals surface area (Å²) in [6.45, 7) is 0. The number of hydrogen-bond acceptors (Lipinski definition) is 2. The van der Waals surface area contributed by atoms with Crippen molar-refractivity contribution in [2.45, 2.75) is 12.2 Å². The van der Waals surface area contributed by atoms with Gasteiger partial charge in [-0.05, 0) is 0 Å². The van der Waals surface area contributed by atoms with Crippen molar-refractivity contribution in [3.63, 3.8) is 0 Å². The summed E-state index contributed by atoms with van der Waals surface area (Å²) in [4.78, 5) is 0. The molecule has 0 heterocycles. The van der Waals surface area contributed by atoms with E-state index in [0.29, 0.717) is 0 Å². The maximum Gasteiger partial charge on any atom is 0.220 e. The van der Waals surface area contributed by atoms with Gasteiger partial charge in [0.2, 0.25) is 5.79 Å². The first kappa shape index (κ1) is 9.05. The van der Waals surface area contributed by atoms with Gasteiger partial charge in [-0.2, -0.15) is 0 Å². The molecule has 0 fully saturated rings. The minimum absolute atomic E-state index is 1.02. The molecule has 1 aliphatic carbocycles. The van der Waals surface area contributed by atoms with Crippen LogP contribution in [0.3, 0.4) is 0 Å². The van der Waals surface area contributed by atoms with Crippen molar-refractivity contribution >= 4 is 0 Å². The molecule has 2 nitrogen and oxygen atoms in total. The lowest BCUT2D eigenvalue weighted by atomic mass is 10.0. The van der Waals surface area contributed by atoms with Crippen molar-refractivity contribution in [1.82, 2.24) is 0 Å². The Bertz CT molecular complexity index is 279. The van der Waals surface area contributed by atoms with Gasteiger partial charge < -0.3 is 5.73 Å². The first-order valence-corrected chi connectivity index (χ1v) is 3.04. The predicted octanol–water partition coefficient (Wildman–Crippen LogP) is 1.31. The zero-order chi connectivity index (χ0) is 9.52. The summed E-state index contributed by atoms with van der Waals surface area (Å²) in [5.41, 5.74) is 8.32. The SMILES string of the molecule is NC1=C(F)CC(N)(F)C(F)=C1F. The van der Waals surface area contributed by atoms with Crippen LogP contribution in [-0.2, 0) is 0 Å². The highest BCUT2D eigenvalue weighted by atomic mass is 19.2. The zero-order valence-corrected chi connectivity index (χ0v) is 5.87. The summed E-state index contributed by atoms with van der Waals surface area (Å²) in [7, 11) is 0. The first-order chi connectivity index (χ1) is 5.36. The number of rotatable bonds is 0. The minimum atomic E-state index is -3.11. The fourth-order valence-corrected chi connectivity index (χ4v) is 0.818. The molecule has 0 bridgehead atoms. The van der Waals surface area contributed by atoms with Crippen LogP contribution in [0.15, 0.2) is 23.2 Å². The maximum atomic E-state index is 12.7. The molecule has 1 rings (SSSR count). The molecular weight excluding hydrogens is 176 g/mol. The van der Waals surface area contributed by atoms with Gasteiger partial charge in [0.25, 0.3) is 0 Å². The molecule has 0 aromatic carbocycles. The highest BCUT2D eigenvalue weighted by Crippen LogP contribution is 2.36. The molecule has 0 aromatic rings. The summed E-state index contributed by atoms with van der Waals surface area (Å²) in [5.74, 6) is -8.01. The lowest BCUT2D eigenvalue weighted by molar-refractivity contribution is 0.159. The fraction of sp³-hybridized carbons (Fsp3) is 0.333. The van der Waals surface area contributed by atoms with Crippen LogP contribution in [-0.4, -0.2) is 5.79 Å². The highest BCUT2D eigenvalue weighted by Gasteiger charge is 2.40. The molecule has 6 heteroatoms. The third-order valence-electron chi connectivity index (χ3n) is 1.50. The van der Waals surface area contributed by atoms with E-state index in [1.165, 1.54) is 0 Å². The molecule has 1 aliphatic rings. The largest absolute Gasteiger partial charge is 0.394 e. The topological polar surface area (TPSA) is 52.0 Å². The van der Waals surface area contributed by atoms with Crippen LogP contribution in [0, 0.1) is 0 Å². The Labute approximate surface area is 65.5 Å². The van der Waals surface area contributed by atoms with E-state index < -0.39 is 35.4 Å². The molecule has 0 saturated heterocycles. The van der Waals surface area contributed by atoms with Gasteiger partial charge in [0.15, 0.2) is 11.7 Å². The molecule has 0 aromatic heterocycles. The summed E-state index contributed by atoms with van der Waals surface area (Å²) < 4.78 is 50.2. The molecule has 12 heavy (non-hydrogen) atoms. The van der Waals surface area contributed by atoms with Crippen LogP contribution in [0.1, 0.15) is 6.42 Å². The predicted molar refractivity (Wildman–Crippen MR) is 34.2 cm³/mol. The molecule has 0 aliphatic heterocycles. The minimum Gasteiger partial charge on any atom is -0.394 e. The molecule has 4 N–H and O–H groups in total. The van der Waals surface area contributed by atoms with Gasteiger partial charge in [-0.3, -0.25) is 5.73 Å². The second-order valence-electron chi connectivity index (χ2n) is 2.49. The normalized spacial score (nSPS) is 31.4. The molecule has 0 saturated carbocycles. The molecule has 1 atom stereocenters. The molecule has 0 spiro atoms. The molecule has 1 unspecified atom stereocenters. The summed E-state index contributed by atoms with van der Waals surface area (Å²) in [6.07, 6.45) is -1.07. The lowest BCUT2D eigenvalue weighted by Crippen LogP contribution is -2.39. The maximum absolute atomic E-state index is 12.7. The van der Waals surface area contributed by atoms with Crippen molar-refractivity contribution in [1.29, 1.82) is 0 Å². The fourth-order valence-electron chi connectivity index (χ4n) is 0.818. The van der Waals surface area contributed by atoms with Crippen molar-refractivity contribution in [3.8, 4) is 0 Å². The lowest BCUT2D eigenvalue weighted by Gasteiger charge is -2.22. The van der Waals surface area contributed by atoms with Gasteiger partial charge in [-0.25, -0.2) is 17.6 Å². The van der Waals surface area contributed by atoms with Crippen molar-refractivity contribution in [2.24, 2.45) is 11.5 Å². The Morgan fingerprint density at radius 2 is 1.75 bits per heavy atom. The van der Waals surface area contributed by atoms with E-state index in [9.17, 15) is 17.6 Å². The average Bonchev–Trinajstić information content (AvgIpc) is 1.97. The Balaban J connectivity index is 3.20. The molecule has 0 amide bonds. The van der Waals surface area contributed by atoms with Crippen molar-refractivity contribution < 1.29 is 17.6 Å². The summed E-state index contributed by atoms with van der Waals surface area (Å²) in [5, 5.41) is 0. The number of hydrogen-bond donors (Lipinski definition) is 2. The number of alkyl halides is 1. The average molecular weight is 182 g/mol. The number of allylic oxidation sites excluding steroid dienone is 1. The third-order valence-corrected chi connectivity index (χ3v) is 1.50. The first-order valence-electron chi connectivity index (χ1n) is 3.04. The molecular formula is C6H6F4N2. The third kappa shape index (κ3) is 1.18. The van der Waals surface area contributed by atoms with Gasteiger partial charge in [-0.15, -0.1) is 0 Å². The Hall–Kier alpha value is -1.04. The molecule has 0 radical (unpaired) electrons. The van der Waals surface area contributed by atoms with Crippen LogP contribution in [0.5, 0.6) is 0 Å². The summed E-state index contributed by atoms with van der Waals surface area (Å²) in [6, 6.07) is 0. The molecule has 68 valence electrons. The van der Waals surface area contributed by atoms with Gasteiger partial charge in [0, 0.05) is 0 Å². The number of nitrogens with two attached hydrogens (primary N) is 2. The standard InChI is InChI=1S/C6H6F4N2/c7-2-1-6(10,12)5(9)3(8)4(2)11/h1,11-12H2. The van der Waals surface area contributed by atoms with Crippen LogP contribution in [0.2, 0.25) is 0 Å². The highest BCUT2D eigenvalue weighted by molar-refractivity contribution is 5.36. The van der Waals surface area contributed by atoms with Crippen LogP contribution >= 0.6 is 0 Å². The summed E-state index contributed by atoms with van der Waals surface area (Å²) >= 11 is 0. The van der Waals surface area contributed by atoms with Gasteiger partial charge >= 0.3 is 0 Å². The second-order valence-corrected chi connectivity index (χ2v) is 2.49. The van der Waals surface area contributed by atoms with E-state index in [2.05, 4.69) is 5.73 Å². The van der Waals surface area contributed by atoms with E-state index >= 15 is 0 Å². The Morgan fingerprint density at radius 3 is 2.25 bits per heavy atom. The van der Waals surface area contributed by atoms with E-state index in [0.717, 1.165) is 0 Å². The van der Waals surface area contributed by atoms with Crippen molar-refractivity contribution in [3.05, 3.63) is 23.2 Å². The number of halogens is 4. The zero-order valence-electron chi connectivity index (χ0n) is 5.87.